The minimum Gasteiger partial charge on any atom is -0.507 e. The molecule has 5 nitrogen and oxygen atoms in total. The Kier molecular flexibility index (Phi) is 4.76. The van der Waals surface area contributed by atoms with Crippen LogP contribution in [0.3, 0.4) is 0 Å². The number of amides is 1. The molecule has 6 heteroatoms. The third-order valence-corrected chi connectivity index (χ3v) is 4.96. The van der Waals surface area contributed by atoms with E-state index in [0.717, 1.165) is 5.56 Å². The van der Waals surface area contributed by atoms with Crippen LogP contribution in [0, 0.1) is 12.7 Å². The largest absolute Gasteiger partial charge is 0.507 e. The number of halogens is 1. The highest BCUT2D eigenvalue weighted by Gasteiger charge is 2.46. The fourth-order valence-electron chi connectivity index (χ4n) is 3.47. The fraction of sp³-hybridized carbons (Fsp3) is 0.130. The molecule has 3 aromatic rings. The van der Waals surface area contributed by atoms with Crippen LogP contribution in [0.2, 0.25) is 0 Å². The summed E-state index contributed by atoms with van der Waals surface area (Å²) in [5.74, 6) is -1.80. The van der Waals surface area contributed by atoms with E-state index in [1.165, 1.54) is 35.4 Å². The highest BCUT2D eigenvalue weighted by atomic mass is 19.1. The Hall–Kier alpha value is -3.67. The van der Waals surface area contributed by atoms with Crippen LogP contribution in [0.4, 0.5) is 4.39 Å². The zero-order valence-corrected chi connectivity index (χ0v) is 15.6. The van der Waals surface area contributed by atoms with E-state index in [9.17, 15) is 19.1 Å². The Labute approximate surface area is 166 Å². The van der Waals surface area contributed by atoms with Gasteiger partial charge < -0.3 is 14.4 Å². The maximum atomic E-state index is 13.3. The third-order valence-electron chi connectivity index (χ3n) is 4.96. The fourth-order valence-corrected chi connectivity index (χ4v) is 3.47. The summed E-state index contributed by atoms with van der Waals surface area (Å²) in [6.45, 7) is 2.01. The number of Topliss-reactive ketones (excluding diaryl/α,β-unsaturated/α-hetero) is 1. The van der Waals surface area contributed by atoms with Gasteiger partial charge in [0, 0.05) is 5.56 Å². The van der Waals surface area contributed by atoms with Gasteiger partial charge in [0.15, 0.2) is 0 Å². The van der Waals surface area contributed by atoms with Crippen molar-refractivity contribution in [2.45, 2.75) is 19.5 Å². The smallest absolute Gasteiger partial charge is 0.296 e. The number of aryl methyl sites for hydroxylation is 1. The van der Waals surface area contributed by atoms with Gasteiger partial charge in [-0.1, -0.05) is 29.8 Å². The second-order valence-corrected chi connectivity index (χ2v) is 6.92. The van der Waals surface area contributed by atoms with Crippen molar-refractivity contribution in [3.8, 4) is 0 Å². The number of hydrogen-bond donors (Lipinski definition) is 1. The van der Waals surface area contributed by atoms with Gasteiger partial charge in [0.1, 0.15) is 17.3 Å². The number of nitrogens with zero attached hydrogens (tertiary/aromatic N) is 1. The Morgan fingerprint density at radius 1 is 1.07 bits per heavy atom. The van der Waals surface area contributed by atoms with Crippen molar-refractivity contribution in [2.75, 3.05) is 0 Å². The topological polar surface area (TPSA) is 70.8 Å². The van der Waals surface area contributed by atoms with Crippen molar-refractivity contribution in [2.24, 2.45) is 0 Å². The lowest BCUT2D eigenvalue weighted by molar-refractivity contribution is -0.140. The molecule has 1 aliphatic heterocycles. The molecule has 1 unspecified atom stereocenters. The molecule has 0 bridgehead atoms. The van der Waals surface area contributed by atoms with Crippen molar-refractivity contribution in [1.82, 2.24) is 4.90 Å². The summed E-state index contributed by atoms with van der Waals surface area (Å²) in [5.41, 5.74) is 1.94. The number of hydrogen-bond acceptors (Lipinski definition) is 4. The molecule has 1 atom stereocenters. The molecule has 0 saturated carbocycles. The Bertz CT molecular complexity index is 1080. The van der Waals surface area contributed by atoms with E-state index in [1.807, 2.05) is 31.2 Å². The maximum absolute atomic E-state index is 13.3. The number of furan rings is 1. The van der Waals surface area contributed by atoms with Crippen LogP contribution in [0.25, 0.3) is 5.76 Å². The van der Waals surface area contributed by atoms with Crippen LogP contribution in [-0.4, -0.2) is 21.7 Å². The van der Waals surface area contributed by atoms with E-state index in [0.29, 0.717) is 11.3 Å². The molecule has 1 fully saturated rings. The van der Waals surface area contributed by atoms with Crippen LogP contribution in [0.15, 0.2) is 76.9 Å². The predicted octanol–water partition coefficient (Wildman–Crippen LogP) is 4.35. The average Bonchev–Trinajstić information content (AvgIpc) is 3.31. The minimum atomic E-state index is -0.788. The van der Waals surface area contributed by atoms with Gasteiger partial charge in [-0.25, -0.2) is 4.39 Å². The van der Waals surface area contributed by atoms with Gasteiger partial charge in [0.05, 0.1) is 24.4 Å². The maximum Gasteiger partial charge on any atom is 0.296 e. The molecular formula is C23H18FNO4. The molecule has 0 radical (unpaired) electrons. The zero-order chi connectivity index (χ0) is 20.5. The molecule has 2 heterocycles. The summed E-state index contributed by atoms with van der Waals surface area (Å²) in [5, 5.41) is 10.9. The van der Waals surface area contributed by atoms with Crippen molar-refractivity contribution in [3.63, 3.8) is 0 Å². The number of likely N-dealkylation sites (tertiary alicyclic amines) is 1. The Morgan fingerprint density at radius 3 is 2.38 bits per heavy atom. The van der Waals surface area contributed by atoms with E-state index in [2.05, 4.69) is 0 Å². The molecule has 1 aliphatic rings. The van der Waals surface area contributed by atoms with Crippen molar-refractivity contribution in [1.29, 1.82) is 0 Å². The summed E-state index contributed by atoms with van der Waals surface area (Å²) >= 11 is 0. The molecule has 1 saturated heterocycles. The van der Waals surface area contributed by atoms with E-state index >= 15 is 0 Å². The first kappa shape index (κ1) is 18.7. The Morgan fingerprint density at radius 2 is 1.76 bits per heavy atom. The van der Waals surface area contributed by atoms with Crippen molar-refractivity contribution in [3.05, 3.63) is 101 Å². The van der Waals surface area contributed by atoms with Crippen LogP contribution in [0.5, 0.6) is 0 Å². The number of ketones is 1. The number of rotatable bonds is 4. The lowest BCUT2D eigenvalue weighted by atomic mass is 9.94. The van der Waals surface area contributed by atoms with Gasteiger partial charge in [-0.2, -0.15) is 0 Å². The van der Waals surface area contributed by atoms with Crippen molar-refractivity contribution < 1.29 is 23.5 Å². The summed E-state index contributed by atoms with van der Waals surface area (Å²) in [7, 11) is 0. The van der Waals surface area contributed by atoms with Crippen molar-refractivity contribution >= 4 is 17.4 Å². The second kappa shape index (κ2) is 7.39. The minimum absolute atomic E-state index is 0.0305. The van der Waals surface area contributed by atoms with Crippen LogP contribution >= 0.6 is 0 Å². The Balaban J connectivity index is 1.86. The lowest BCUT2D eigenvalue weighted by Crippen LogP contribution is -2.29. The highest BCUT2D eigenvalue weighted by Crippen LogP contribution is 2.40. The molecule has 1 aromatic heterocycles. The number of benzene rings is 2. The molecule has 1 N–H and O–H groups in total. The third kappa shape index (κ3) is 3.45. The van der Waals surface area contributed by atoms with E-state index in [1.54, 1.807) is 12.1 Å². The van der Waals surface area contributed by atoms with E-state index in [4.69, 9.17) is 4.42 Å². The molecule has 1 amide bonds. The SMILES string of the molecule is Cc1ccc(C2/C(=C(\O)c3ccc(F)cc3)C(=O)C(=O)N2Cc2ccco2)cc1. The summed E-state index contributed by atoms with van der Waals surface area (Å²) < 4.78 is 18.6. The summed E-state index contributed by atoms with van der Waals surface area (Å²) in [4.78, 5) is 27.1. The number of aliphatic hydroxyl groups is 1. The highest BCUT2D eigenvalue weighted by molar-refractivity contribution is 6.46. The quantitative estimate of drug-likeness (QED) is 0.408. The van der Waals surface area contributed by atoms with Gasteiger partial charge in [-0.05, 0) is 48.9 Å². The molecule has 2 aromatic carbocycles. The number of aliphatic hydroxyl groups excluding tert-OH is 1. The van der Waals surface area contributed by atoms with Gasteiger partial charge in [0.2, 0.25) is 0 Å². The standard InChI is InChI=1S/C23H18FNO4/c1-14-4-6-15(7-5-14)20-19(21(26)16-8-10-17(24)11-9-16)22(27)23(28)25(20)13-18-3-2-12-29-18/h2-12,20,26H,13H2,1H3/b21-19+. The molecule has 0 spiro atoms. The predicted molar refractivity (Wildman–Crippen MR) is 104 cm³/mol. The summed E-state index contributed by atoms with van der Waals surface area (Å²) in [6.07, 6.45) is 1.49. The van der Waals surface area contributed by atoms with Crippen LogP contribution in [0.1, 0.15) is 28.5 Å². The molecule has 146 valence electrons. The number of carbonyl (C=O) groups is 2. The second-order valence-electron chi connectivity index (χ2n) is 6.92. The first-order chi connectivity index (χ1) is 14.0. The van der Waals surface area contributed by atoms with E-state index in [-0.39, 0.29) is 23.4 Å². The molecule has 4 rings (SSSR count). The van der Waals surface area contributed by atoms with Crippen LogP contribution in [-0.2, 0) is 16.1 Å². The first-order valence-corrected chi connectivity index (χ1v) is 9.09. The monoisotopic (exact) mass is 391 g/mol. The van der Waals surface area contributed by atoms with Gasteiger partial charge >= 0.3 is 0 Å². The lowest BCUT2D eigenvalue weighted by Gasteiger charge is -2.24. The van der Waals surface area contributed by atoms with Gasteiger partial charge in [-0.3, -0.25) is 9.59 Å². The number of carbonyl (C=O) groups excluding carboxylic acids is 2. The molecule has 29 heavy (non-hydrogen) atoms. The molecule has 0 aliphatic carbocycles. The van der Waals surface area contributed by atoms with E-state index < -0.39 is 23.5 Å². The average molecular weight is 391 g/mol. The molecular weight excluding hydrogens is 373 g/mol. The van der Waals surface area contributed by atoms with Gasteiger partial charge in [-0.15, -0.1) is 0 Å². The summed E-state index contributed by atoms with van der Waals surface area (Å²) in [6, 6.07) is 15.1. The zero-order valence-electron chi connectivity index (χ0n) is 15.6. The normalized spacial score (nSPS) is 18.4. The van der Waals surface area contributed by atoms with Gasteiger partial charge in [0.25, 0.3) is 11.7 Å². The first-order valence-electron chi connectivity index (χ1n) is 9.09. The van der Waals surface area contributed by atoms with Crippen LogP contribution < -0.4 is 0 Å².